The van der Waals surface area contributed by atoms with Crippen molar-refractivity contribution in [2.45, 2.75) is 0 Å². The Morgan fingerprint density at radius 1 is 1.28 bits per heavy atom. The van der Waals surface area contributed by atoms with Crippen LogP contribution < -0.4 is 15.0 Å². The SMILES string of the molecule is COC(=O)c1cc(OC)c(OC)cc1N=CNO. The van der Waals surface area contributed by atoms with Gasteiger partial charge >= 0.3 is 5.97 Å². The van der Waals surface area contributed by atoms with Gasteiger partial charge in [-0.05, 0) is 0 Å². The second-order valence-corrected chi connectivity index (χ2v) is 3.10. The molecule has 0 aromatic heterocycles. The second kappa shape index (κ2) is 6.45. The van der Waals surface area contributed by atoms with Crippen LogP contribution in [-0.4, -0.2) is 38.8 Å². The van der Waals surface area contributed by atoms with Crippen LogP contribution in [0.25, 0.3) is 0 Å². The van der Waals surface area contributed by atoms with Crippen LogP contribution in [0.2, 0.25) is 0 Å². The summed E-state index contributed by atoms with van der Waals surface area (Å²) in [5, 5.41) is 8.47. The topological polar surface area (TPSA) is 89.4 Å². The number of nitrogens with one attached hydrogen (secondary N) is 1. The first-order valence-electron chi connectivity index (χ1n) is 4.94. The van der Waals surface area contributed by atoms with Crippen LogP contribution in [0.5, 0.6) is 11.5 Å². The van der Waals surface area contributed by atoms with E-state index in [0.717, 1.165) is 6.34 Å². The predicted octanol–water partition coefficient (Wildman–Crippen LogP) is 1.13. The molecule has 2 N–H and O–H groups in total. The lowest BCUT2D eigenvalue weighted by Crippen LogP contribution is -2.05. The summed E-state index contributed by atoms with van der Waals surface area (Å²) in [6.45, 7) is 0. The van der Waals surface area contributed by atoms with E-state index in [9.17, 15) is 4.79 Å². The highest BCUT2D eigenvalue weighted by molar-refractivity contribution is 5.96. The molecule has 0 radical (unpaired) electrons. The molecule has 7 nitrogen and oxygen atoms in total. The van der Waals surface area contributed by atoms with Crippen LogP contribution in [0.4, 0.5) is 5.69 Å². The highest BCUT2D eigenvalue weighted by Gasteiger charge is 2.16. The first-order chi connectivity index (χ1) is 8.67. The lowest BCUT2D eigenvalue weighted by Gasteiger charge is -2.11. The lowest BCUT2D eigenvalue weighted by molar-refractivity contribution is 0.0601. The highest BCUT2D eigenvalue weighted by Crippen LogP contribution is 2.34. The van der Waals surface area contributed by atoms with Crippen LogP contribution in [0.1, 0.15) is 10.4 Å². The number of carbonyl (C=O) groups excluding carboxylic acids is 1. The Balaban J connectivity index is 3.35. The summed E-state index contributed by atoms with van der Waals surface area (Å²) < 4.78 is 14.8. The van der Waals surface area contributed by atoms with E-state index in [0.29, 0.717) is 11.5 Å². The Bertz CT molecular complexity index is 459. The number of rotatable bonds is 5. The summed E-state index contributed by atoms with van der Waals surface area (Å²) in [4.78, 5) is 15.4. The van der Waals surface area contributed by atoms with Crippen molar-refractivity contribution in [2.75, 3.05) is 21.3 Å². The maximum absolute atomic E-state index is 11.6. The van der Waals surface area contributed by atoms with Gasteiger partial charge in [-0.1, -0.05) is 0 Å². The van der Waals surface area contributed by atoms with Gasteiger partial charge < -0.3 is 14.2 Å². The number of hydroxylamine groups is 1. The quantitative estimate of drug-likeness (QED) is 0.354. The molecule has 0 unspecified atom stereocenters. The third-order valence-electron chi connectivity index (χ3n) is 2.17. The second-order valence-electron chi connectivity index (χ2n) is 3.10. The minimum Gasteiger partial charge on any atom is -0.493 e. The van der Waals surface area contributed by atoms with Crippen molar-refractivity contribution in [1.82, 2.24) is 5.48 Å². The van der Waals surface area contributed by atoms with E-state index in [-0.39, 0.29) is 11.3 Å². The maximum Gasteiger partial charge on any atom is 0.340 e. The van der Waals surface area contributed by atoms with Crippen LogP contribution in [0.3, 0.4) is 0 Å². The molecule has 0 aliphatic carbocycles. The summed E-state index contributed by atoms with van der Waals surface area (Å²) in [5.74, 6) is 0.227. The molecular weight excluding hydrogens is 240 g/mol. The molecular formula is C11H14N2O5. The summed E-state index contributed by atoms with van der Waals surface area (Å²) in [7, 11) is 4.18. The van der Waals surface area contributed by atoms with Gasteiger partial charge in [-0.3, -0.25) is 10.7 Å². The van der Waals surface area contributed by atoms with E-state index < -0.39 is 5.97 Å². The first kappa shape index (κ1) is 13.8. The van der Waals surface area contributed by atoms with Crippen molar-refractivity contribution in [3.8, 4) is 11.5 Å². The van der Waals surface area contributed by atoms with Crippen molar-refractivity contribution < 1.29 is 24.2 Å². The number of esters is 1. The number of hydrogen-bond acceptors (Lipinski definition) is 6. The Hall–Kier alpha value is -2.28. The van der Waals surface area contributed by atoms with Gasteiger partial charge in [0.2, 0.25) is 0 Å². The number of hydrogen-bond donors (Lipinski definition) is 2. The molecule has 0 spiro atoms. The number of benzene rings is 1. The van der Waals surface area contributed by atoms with Gasteiger partial charge in [0, 0.05) is 12.1 Å². The van der Waals surface area contributed by atoms with E-state index in [2.05, 4.69) is 9.73 Å². The zero-order chi connectivity index (χ0) is 13.5. The molecule has 1 rings (SSSR count). The lowest BCUT2D eigenvalue weighted by atomic mass is 10.1. The standard InChI is InChI=1S/C11H14N2O5/c1-16-9-4-7(11(14)18-3)8(12-6-13-15)5-10(9)17-2/h4-6,15H,1-3H3,(H,12,13). The fraction of sp³-hybridized carbons (Fsp3) is 0.273. The third-order valence-corrected chi connectivity index (χ3v) is 2.17. The summed E-state index contributed by atoms with van der Waals surface area (Å²) >= 11 is 0. The first-order valence-corrected chi connectivity index (χ1v) is 4.94. The number of ether oxygens (including phenoxy) is 3. The molecule has 18 heavy (non-hydrogen) atoms. The molecule has 0 bridgehead atoms. The van der Waals surface area contributed by atoms with Crippen LogP contribution >= 0.6 is 0 Å². The molecule has 0 fully saturated rings. The normalized spacial score (nSPS) is 10.2. The number of aliphatic imine (C=N–C) groups is 1. The van der Waals surface area contributed by atoms with Gasteiger partial charge in [-0.15, -0.1) is 0 Å². The number of nitrogens with zero attached hydrogens (tertiary/aromatic N) is 1. The molecule has 1 aromatic carbocycles. The van der Waals surface area contributed by atoms with Crippen LogP contribution in [0.15, 0.2) is 17.1 Å². The van der Waals surface area contributed by atoms with Crippen molar-refractivity contribution >= 4 is 18.0 Å². The summed E-state index contributed by atoms with van der Waals surface area (Å²) in [5.41, 5.74) is 2.23. The van der Waals surface area contributed by atoms with E-state index in [1.807, 2.05) is 0 Å². The molecule has 0 saturated carbocycles. The Labute approximate surface area is 104 Å². The van der Waals surface area contributed by atoms with Gasteiger partial charge in [0.05, 0.1) is 32.6 Å². The minimum absolute atomic E-state index is 0.196. The minimum atomic E-state index is -0.568. The molecule has 98 valence electrons. The molecule has 1 aromatic rings. The molecule has 0 atom stereocenters. The van der Waals surface area contributed by atoms with Crippen molar-refractivity contribution in [3.63, 3.8) is 0 Å². The van der Waals surface area contributed by atoms with Gasteiger partial charge in [0.25, 0.3) is 0 Å². The van der Waals surface area contributed by atoms with Gasteiger partial charge in [-0.2, -0.15) is 0 Å². The van der Waals surface area contributed by atoms with Crippen molar-refractivity contribution in [2.24, 2.45) is 4.99 Å². The molecule has 0 aliphatic rings. The van der Waals surface area contributed by atoms with Gasteiger partial charge in [-0.25, -0.2) is 9.79 Å². The monoisotopic (exact) mass is 254 g/mol. The summed E-state index contributed by atoms with van der Waals surface area (Å²) in [6, 6.07) is 2.95. The smallest absolute Gasteiger partial charge is 0.340 e. The molecule has 0 amide bonds. The maximum atomic E-state index is 11.6. The van der Waals surface area contributed by atoms with Crippen LogP contribution in [-0.2, 0) is 4.74 Å². The molecule has 7 heteroatoms. The Morgan fingerprint density at radius 2 is 1.89 bits per heavy atom. The molecule has 0 aliphatic heterocycles. The van der Waals surface area contributed by atoms with Crippen LogP contribution in [0, 0.1) is 0 Å². The fourth-order valence-electron chi connectivity index (χ4n) is 1.35. The predicted molar refractivity (Wildman–Crippen MR) is 64.0 cm³/mol. The van der Waals surface area contributed by atoms with E-state index in [1.54, 1.807) is 5.48 Å². The zero-order valence-electron chi connectivity index (χ0n) is 10.3. The van der Waals surface area contributed by atoms with Gasteiger partial charge in [0.1, 0.15) is 6.34 Å². The molecule has 0 saturated heterocycles. The average Bonchev–Trinajstić information content (AvgIpc) is 2.43. The fourth-order valence-corrected chi connectivity index (χ4v) is 1.35. The third kappa shape index (κ3) is 2.89. The van der Waals surface area contributed by atoms with E-state index in [1.165, 1.54) is 33.5 Å². The van der Waals surface area contributed by atoms with Crippen molar-refractivity contribution in [3.05, 3.63) is 17.7 Å². The number of carbonyl (C=O) groups is 1. The Kier molecular flexibility index (Phi) is 4.94. The Morgan fingerprint density at radius 3 is 2.39 bits per heavy atom. The zero-order valence-corrected chi connectivity index (χ0v) is 10.3. The summed E-state index contributed by atoms with van der Waals surface area (Å²) in [6.07, 6.45) is 1.02. The molecule has 0 heterocycles. The van der Waals surface area contributed by atoms with Gasteiger partial charge in [0.15, 0.2) is 11.5 Å². The number of methoxy groups -OCH3 is 3. The average molecular weight is 254 g/mol. The van der Waals surface area contributed by atoms with Crippen molar-refractivity contribution in [1.29, 1.82) is 0 Å². The highest BCUT2D eigenvalue weighted by atomic mass is 16.5. The largest absolute Gasteiger partial charge is 0.493 e. The van der Waals surface area contributed by atoms with E-state index in [4.69, 9.17) is 14.7 Å². The van der Waals surface area contributed by atoms with E-state index >= 15 is 0 Å².